The molecule has 0 atom stereocenters. The fourth-order valence-corrected chi connectivity index (χ4v) is 6.07. The molecule has 0 unspecified atom stereocenters. The SMILES string of the molecule is O=S(=O)(NCCOc1ccccc1)c1c(Cl)sc(Cl)c1Br. The predicted octanol–water partition coefficient (Wildman–Crippen LogP) is 4.17. The van der Waals surface area contributed by atoms with E-state index in [9.17, 15) is 8.42 Å². The topological polar surface area (TPSA) is 55.4 Å². The fourth-order valence-electron chi connectivity index (χ4n) is 1.50. The van der Waals surface area contributed by atoms with Gasteiger partial charge in [-0.1, -0.05) is 41.4 Å². The standard InChI is InChI=1S/C12H10BrCl2NO3S2/c13-9-10(12(15)20-11(9)14)21(17,18)16-6-7-19-8-4-2-1-3-5-8/h1-5,16H,6-7H2. The summed E-state index contributed by atoms with van der Waals surface area (Å²) in [6.07, 6.45) is 0. The van der Waals surface area contributed by atoms with Crippen LogP contribution in [0.5, 0.6) is 5.75 Å². The summed E-state index contributed by atoms with van der Waals surface area (Å²) in [5.41, 5.74) is 0. The van der Waals surface area contributed by atoms with Crippen LogP contribution in [0.25, 0.3) is 0 Å². The highest BCUT2D eigenvalue weighted by atomic mass is 79.9. The van der Waals surface area contributed by atoms with Gasteiger partial charge >= 0.3 is 0 Å². The van der Waals surface area contributed by atoms with Crippen molar-refractivity contribution in [3.8, 4) is 5.75 Å². The highest BCUT2D eigenvalue weighted by molar-refractivity contribution is 9.10. The summed E-state index contributed by atoms with van der Waals surface area (Å²) in [6.45, 7) is 0.323. The average molecular weight is 431 g/mol. The zero-order valence-corrected chi connectivity index (χ0v) is 15.2. The molecule has 0 spiro atoms. The number of halogens is 3. The molecule has 0 aliphatic rings. The van der Waals surface area contributed by atoms with Gasteiger partial charge in [-0.25, -0.2) is 13.1 Å². The maximum absolute atomic E-state index is 12.2. The molecule has 0 aliphatic carbocycles. The number of rotatable bonds is 6. The molecular formula is C12H10BrCl2NO3S2. The largest absolute Gasteiger partial charge is 0.492 e. The average Bonchev–Trinajstić information content (AvgIpc) is 2.70. The van der Waals surface area contributed by atoms with Gasteiger partial charge in [0, 0.05) is 6.54 Å². The molecule has 2 aromatic rings. The van der Waals surface area contributed by atoms with Gasteiger partial charge < -0.3 is 4.74 Å². The Morgan fingerprint density at radius 2 is 1.86 bits per heavy atom. The molecule has 0 bridgehead atoms. The molecular weight excluding hydrogens is 421 g/mol. The van der Waals surface area contributed by atoms with E-state index in [1.54, 1.807) is 12.1 Å². The molecule has 1 aromatic heterocycles. The number of benzene rings is 1. The third-order valence-electron chi connectivity index (χ3n) is 2.40. The second-order valence-electron chi connectivity index (χ2n) is 3.85. The van der Waals surface area contributed by atoms with Crippen LogP contribution in [0.1, 0.15) is 0 Å². The lowest BCUT2D eigenvalue weighted by Crippen LogP contribution is -2.28. The number of nitrogens with one attached hydrogen (secondary N) is 1. The molecule has 2 rings (SSSR count). The first kappa shape index (κ1) is 17.1. The Morgan fingerprint density at radius 1 is 1.19 bits per heavy atom. The molecule has 4 nitrogen and oxygen atoms in total. The molecule has 114 valence electrons. The molecule has 0 radical (unpaired) electrons. The summed E-state index contributed by atoms with van der Waals surface area (Å²) in [4.78, 5) is -0.0427. The quantitative estimate of drug-likeness (QED) is 0.699. The summed E-state index contributed by atoms with van der Waals surface area (Å²) in [7, 11) is -3.74. The van der Waals surface area contributed by atoms with Gasteiger partial charge in [0.05, 0.1) is 4.47 Å². The van der Waals surface area contributed by atoms with Crippen molar-refractivity contribution in [3.63, 3.8) is 0 Å². The molecule has 1 heterocycles. The summed E-state index contributed by atoms with van der Waals surface area (Å²) in [6, 6.07) is 9.13. The van der Waals surface area contributed by atoms with Crippen molar-refractivity contribution >= 4 is 60.5 Å². The minimum atomic E-state index is -3.74. The highest BCUT2D eigenvalue weighted by Crippen LogP contribution is 2.42. The first-order valence-corrected chi connectivity index (χ1v) is 9.57. The van der Waals surface area contributed by atoms with Crippen LogP contribution >= 0.6 is 50.5 Å². The van der Waals surface area contributed by atoms with Crippen LogP contribution in [0.15, 0.2) is 39.7 Å². The second-order valence-corrected chi connectivity index (χ2v) is 8.57. The van der Waals surface area contributed by atoms with E-state index in [-0.39, 0.29) is 26.9 Å². The van der Waals surface area contributed by atoms with E-state index in [2.05, 4.69) is 20.7 Å². The number of para-hydroxylation sites is 1. The van der Waals surface area contributed by atoms with E-state index in [4.69, 9.17) is 27.9 Å². The third kappa shape index (κ3) is 4.34. The molecule has 9 heteroatoms. The Balaban J connectivity index is 1.96. The lowest BCUT2D eigenvalue weighted by Gasteiger charge is -2.08. The Hall–Kier alpha value is -0.310. The van der Waals surface area contributed by atoms with E-state index in [1.165, 1.54) is 0 Å². The van der Waals surface area contributed by atoms with Crippen molar-refractivity contribution in [2.75, 3.05) is 13.2 Å². The Morgan fingerprint density at radius 3 is 2.43 bits per heavy atom. The van der Waals surface area contributed by atoms with Gasteiger partial charge in [0.25, 0.3) is 0 Å². The van der Waals surface area contributed by atoms with E-state index in [0.29, 0.717) is 10.1 Å². The van der Waals surface area contributed by atoms with Crippen LogP contribution in [0, 0.1) is 0 Å². The molecule has 21 heavy (non-hydrogen) atoms. The first-order valence-electron chi connectivity index (χ1n) is 5.72. The summed E-state index contributed by atoms with van der Waals surface area (Å²) >= 11 is 15.9. The van der Waals surface area contributed by atoms with E-state index in [1.807, 2.05) is 18.2 Å². The van der Waals surface area contributed by atoms with Crippen LogP contribution in [0.2, 0.25) is 8.67 Å². The van der Waals surface area contributed by atoms with Crippen LogP contribution < -0.4 is 9.46 Å². The molecule has 1 N–H and O–H groups in total. The van der Waals surface area contributed by atoms with Crippen LogP contribution in [-0.4, -0.2) is 21.6 Å². The van der Waals surface area contributed by atoms with Gasteiger partial charge in [0.15, 0.2) is 0 Å². The second kappa shape index (κ2) is 7.30. The summed E-state index contributed by atoms with van der Waals surface area (Å²) in [5, 5.41) is 0. The number of hydrogen-bond donors (Lipinski definition) is 1. The zero-order valence-electron chi connectivity index (χ0n) is 10.5. The van der Waals surface area contributed by atoms with Gasteiger partial charge in [0.2, 0.25) is 10.0 Å². The monoisotopic (exact) mass is 429 g/mol. The molecule has 0 amide bonds. The van der Waals surface area contributed by atoms with Crippen molar-refractivity contribution in [2.24, 2.45) is 0 Å². The van der Waals surface area contributed by atoms with Crippen molar-refractivity contribution in [2.45, 2.75) is 4.90 Å². The van der Waals surface area contributed by atoms with Crippen LogP contribution in [0.3, 0.4) is 0 Å². The maximum Gasteiger partial charge on any atom is 0.244 e. The van der Waals surface area contributed by atoms with Crippen LogP contribution in [0.4, 0.5) is 0 Å². The van der Waals surface area contributed by atoms with Gasteiger partial charge in [-0.15, -0.1) is 11.3 Å². The third-order valence-corrected chi connectivity index (χ3v) is 7.33. The molecule has 0 saturated heterocycles. The van der Waals surface area contributed by atoms with E-state index in [0.717, 1.165) is 11.3 Å². The number of hydrogen-bond acceptors (Lipinski definition) is 4. The number of sulfonamides is 1. The van der Waals surface area contributed by atoms with E-state index >= 15 is 0 Å². The smallest absolute Gasteiger partial charge is 0.244 e. The highest BCUT2D eigenvalue weighted by Gasteiger charge is 2.25. The fraction of sp³-hybridized carbons (Fsp3) is 0.167. The lowest BCUT2D eigenvalue weighted by molar-refractivity contribution is 0.323. The summed E-state index contributed by atoms with van der Waals surface area (Å²) in [5.74, 6) is 0.675. The molecule has 0 fully saturated rings. The molecule has 1 aromatic carbocycles. The zero-order chi connectivity index (χ0) is 15.5. The Labute approximate surface area is 145 Å². The van der Waals surface area contributed by atoms with Crippen LogP contribution in [-0.2, 0) is 10.0 Å². The van der Waals surface area contributed by atoms with Crippen molar-refractivity contribution in [3.05, 3.63) is 43.5 Å². The molecule has 0 saturated carbocycles. The van der Waals surface area contributed by atoms with Gasteiger partial charge in [-0.3, -0.25) is 0 Å². The number of ether oxygens (including phenoxy) is 1. The lowest BCUT2D eigenvalue weighted by atomic mass is 10.3. The Bertz CT molecular complexity index is 720. The minimum absolute atomic E-state index is 0.0427. The molecule has 0 aliphatic heterocycles. The summed E-state index contributed by atoms with van der Waals surface area (Å²) < 4.78 is 32.8. The van der Waals surface area contributed by atoms with Gasteiger partial charge in [0.1, 0.15) is 25.9 Å². The normalized spacial score (nSPS) is 11.6. The Kier molecular flexibility index (Phi) is 5.93. The number of thiophene rings is 1. The van der Waals surface area contributed by atoms with E-state index < -0.39 is 10.0 Å². The predicted molar refractivity (Wildman–Crippen MR) is 89.2 cm³/mol. The van der Waals surface area contributed by atoms with Crippen molar-refractivity contribution in [1.29, 1.82) is 0 Å². The van der Waals surface area contributed by atoms with Crippen molar-refractivity contribution in [1.82, 2.24) is 4.72 Å². The maximum atomic E-state index is 12.2. The van der Waals surface area contributed by atoms with Gasteiger partial charge in [-0.2, -0.15) is 0 Å². The van der Waals surface area contributed by atoms with Gasteiger partial charge in [-0.05, 0) is 28.1 Å². The first-order chi connectivity index (χ1) is 9.92. The minimum Gasteiger partial charge on any atom is -0.492 e. The van der Waals surface area contributed by atoms with Crippen molar-refractivity contribution < 1.29 is 13.2 Å².